The number of hydrogen-bond donors (Lipinski definition) is 2. The van der Waals surface area contributed by atoms with Crippen LogP contribution in [0.15, 0.2) is 42.7 Å². The molecule has 2 aromatic heterocycles. The zero-order valence-electron chi connectivity index (χ0n) is 9.84. The van der Waals surface area contributed by atoms with Gasteiger partial charge in [-0.2, -0.15) is 0 Å². The molecule has 0 aliphatic rings. The summed E-state index contributed by atoms with van der Waals surface area (Å²) >= 11 is 0. The maximum atomic E-state index is 9.65. The summed E-state index contributed by atoms with van der Waals surface area (Å²) < 4.78 is 5.14. The maximum absolute atomic E-state index is 9.65. The molecule has 0 spiro atoms. The van der Waals surface area contributed by atoms with E-state index < -0.39 is 0 Å². The van der Waals surface area contributed by atoms with Crippen LogP contribution < -0.4 is 4.74 Å². The van der Waals surface area contributed by atoms with Gasteiger partial charge in [0.25, 0.3) is 0 Å². The van der Waals surface area contributed by atoms with Crippen LogP contribution in [0.2, 0.25) is 0 Å². The van der Waals surface area contributed by atoms with E-state index in [4.69, 9.17) is 4.74 Å². The molecule has 0 atom stereocenters. The quantitative estimate of drug-likeness (QED) is 0.708. The van der Waals surface area contributed by atoms with Crippen LogP contribution in [0.25, 0.3) is 22.2 Å². The third kappa shape index (κ3) is 2.70. The van der Waals surface area contributed by atoms with E-state index in [0.29, 0.717) is 5.52 Å². The molecule has 0 radical (unpaired) electrons. The predicted molar refractivity (Wildman–Crippen MR) is 76.9 cm³/mol. The van der Waals surface area contributed by atoms with Gasteiger partial charge < -0.3 is 14.8 Å². The van der Waals surface area contributed by atoms with Crippen LogP contribution in [0.4, 0.5) is 0 Å². The van der Waals surface area contributed by atoms with E-state index in [1.807, 2.05) is 30.3 Å². The van der Waals surface area contributed by atoms with Gasteiger partial charge in [0.05, 0.1) is 12.6 Å². The number of benzene rings is 1. The zero-order chi connectivity index (χ0) is 12.5. The van der Waals surface area contributed by atoms with Crippen molar-refractivity contribution in [2.24, 2.45) is 0 Å². The number of aromatic amines is 1. The average molecular weight is 280 g/mol. The van der Waals surface area contributed by atoms with Crippen molar-refractivity contribution >= 4 is 62.4 Å². The van der Waals surface area contributed by atoms with Gasteiger partial charge in [-0.25, -0.2) is 0 Å². The van der Waals surface area contributed by atoms with Crippen LogP contribution >= 0.6 is 0 Å². The van der Waals surface area contributed by atoms with E-state index in [-0.39, 0.29) is 57.1 Å². The number of aromatic hydroxyl groups is 1. The summed E-state index contributed by atoms with van der Waals surface area (Å²) in [6.45, 7) is 0. The Morgan fingerprint density at radius 2 is 1.89 bits per heavy atom. The van der Waals surface area contributed by atoms with E-state index in [9.17, 15) is 5.11 Å². The molecule has 1 aromatic carbocycles. The molecule has 0 aliphatic heterocycles. The molecule has 0 amide bonds. The molecule has 0 fully saturated rings. The molecule has 0 aliphatic carbocycles. The van der Waals surface area contributed by atoms with Crippen molar-refractivity contribution < 1.29 is 9.84 Å². The van der Waals surface area contributed by atoms with Crippen LogP contribution in [0.1, 0.15) is 0 Å². The average Bonchev–Trinajstić information content (AvgIpc) is 2.81. The second-order valence-electron chi connectivity index (χ2n) is 3.98. The molecule has 0 saturated carbocycles. The molecule has 0 bridgehead atoms. The molecule has 19 heavy (non-hydrogen) atoms. The molecule has 0 unspecified atom stereocenters. The fourth-order valence-corrected chi connectivity index (χ4v) is 2.02. The summed E-state index contributed by atoms with van der Waals surface area (Å²) in [5.41, 5.74) is 3.47. The minimum absolute atomic E-state index is 0. The number of pyridine rings is 1. The van der Waals surface area contributed by atoms with Gasteiger partial charge in [-0.3, -0.25) is 4.98 Å². The van der Waals surface area contributed by atoms with Gasteiger partial charge in [-0.05, 0) is 23.8 Å². The molecule has 92 valence electrons. The Balaban J connectivity index is 0.00000133. The summed E-state index contributed by atoms with van der Waals surface area (Å²) in [7, 11) is 1.64. The predicted octanol–water partition coefficient (Wildman–Crippen LogP) is 2.30. The van der Waals surface area contributed by atoms with Crippen molar-refractivity contribution in [2.75, 3.05) is 7.11 Å². The fourth-order valence-electron chi connectivity index (χ4n) is 2.02. The Kier molecular flexibility index (Phi) is 4.65. The number of hydrogen-bond acceptors (Lipinski definition) is 3. The first kappa shape index (κ1) is 14.6. The fraction of sp³-hybridized carbons (Fsp3) is 0.0714. The van der Waals surface area contributed by atoms with Crippen molar-refractivity contribution in [2.45, 2.75) is 0 Å². The first-order valence-electron chi connectivity index (χ1n) is 5.59. The Labute approximate surface area is 153 Å². The van der Waals surface area contributed by atoms with Crippen molar-refractivity contribution in [3.05, 3.63) is 42.7 Å². The summed E-state index contributed by atoms with van der Waals surface area (Å²) in [6, 6.07) is 9.69. The Hall–Kier alpha value is -0.854. The Morgan fingerprint density at radius 1 is 1.16 bits per heavy atom. The second kappa shape index (κ2) is 6.07. The second-order valence-corrected chi connectivity index (χ2v) is 3.98. The standard InChI is InChI=1S/C14H12N2O2.K.H/c1-18-10-4-2-9(3-5-10)11-6-7-15-14-12(17)8-16-13(11)14;;/h2-8,16-17H,1H3;;. The molecule has 0 saturated heterocycles. The molecule has 2 heterocycles. The summed E-state index contributed by atoms with van der Waals surface area (Å²) in [5, 5.41) is 9.65. The molecular formula is C14H13KN2O2. The third-order valence-corrected chi connectivity index (χ3v) is 2.95. The van der Waals surface area contributed by atoms with Gasteiger partial charge in [0, 0.05) is 18.0 Å². The molecule has 4 nitrogen and oxygen atoms in total. The number of H-pyrrole nitrogens is 1. The van der Waals surface area contributed by atoms with Gasteiger partial charge in [0.2, 0.25) is 0 Å². The van der Waals surface area contributed by atoms with E-state index in [2.05, 4.69) is 9.97 Å². The number of rotatable bonds is 2. The molecule has 5 heteroatoms. The van der Waals surface area contributed by atoms with E-state index in [1.54, 1.807) is 19.5 Å². The SMILES string of the molecule is COc1ccc(-c2ccnc3c(O)c[nH]c23)cc1.[KH]. The molecule has 2 N–H and O–H groups in total. The van der Waals surface area contributed by atoms with Crippen LogP contribution in [0.3, 0.4) is 0 Å². The first-order chi connectivity index (χ1) is 8.79. The van der Waals surface area contributed by atoms with Crippen LogP contribution in [0, 0.1) is 0 Å². The van der Waals surface area contributed by atoms with E-state index >= 15 is 0 Å². The van der Waals surface area contributed by atoms with Crippen molar-refractivity contribution in [3.8, 4) is 22.6 Å². The third-order valence-electron chi connectivity index (χ3n) is 2.95. The topological polar surface area (TPSA) is 58.1 Å². The van der Waals surface area contributed by atoms with Crippen LogP contribution in [-0.2, 0) is 0 Å². The number of nitrogens with one attached hydrogen (secondary N) is 1. The summed E-state index contributed by atoms with van der Waals surface area (Å²) in [5.74, 6) is 0.985. The van der Waals surface area contributed by atoms with Gasteiger partial charge in [0.15, 0.2) is 5.75 Å². The first-order valence-corrected chi connectivity index (χ1v) is 5.59. The van der Waals surface area contributed by atoms with Crippen LogP contribution in [-0.4, -0.2) is 73.6 Å². The van der Waals surface area contributed by atoms with Gasteiger partial charge in [-0.15, -0.1) is 0 Å². The summed E-state index contributed by atoms with van der Waals surface area (Å²) in [4.78, 5) is 7.19. The van der Waals surface area contributed by atoms with E-state index in [1.165, 1.54) is 0 Å². The number of methoxy groups -OCH3 is 1. The molecule has 3 aromatic rings. The Bertz CT molecular complexity index is 692. The Morgan fingerprint density at radius 3 is 2.58 bits per heavy atom. The molecular weight excluding hydrogens is 267 g/mol. The minimum atomic E-state index is 0. The van der Waals surface area contributed by atoms with E-state index in [0.717, 1.165) is 22.4 Å². The number of ether oxygens (including phenoxy) is 1. The normalized spacial score (nSPS) is 10.2. The summed E-state index contributed by atoms with van der Waals surface area (Å²) in [6.07, 6.45) is 3.24. The van der Waals surface area contributed by atoms with Gasteiger partial charge >= 0.3 is 51.4 Å². The van der Waals surface area contributed by atoms with Crippen molar-refractivity contribution in [3.63, 3.8) is 0 Å². The van der Waals surface area contributed by atoms with Crippen LogP contribution in [0.5, 0.6) is 11.5 Å². The molecule has 3 rings (SSSR count). The number of fused-ring (bicyclic) bond motifs is 1. The number of aromatic nitrogens is 2. The van der Waals surface area contributed by atoms with Crippen molar-refractivity contribution in [1.29, 1.82) is 0 Å². The zero-order valence-corrected chi connectivity index (χ0v) is 9.84. The number of nitrogens with zero attached hydrogens (tertiary/aromatic N) is 1. The van der Waals surface area contributed by atoms with Gasteiger partial charge in [0.1, 0.15) is 11.3 Å². The monoisotopic (exact) mass is 280 g/mol. The van der Waals surface area contributed by atoms with Gasteiger partial charge in [-0.1, -0.05) is 12.1 Å². The van der Waals surface area contributed by atoms with Crippen molar-refractivity contribution in [1.82, 2.24) is 9.97 Å².